The highest BCUT2D eigenvalue weighted by atomic mass is 32.2. The van der Waals surface area contributed by atoms with Gasteiger partial charge in [-0.05, 0) is 33.7 Å². The number of rotatable bonds is 7. The third-order valence-electron chi connectivity index (χ3n) is 4.76. The first-order valence-corrected chi connectivity index (χ1v) is 11.3. The Morgan fingerprint density at radius 2 is 0.929 bits per heavy atom. The maximum Gasteiger partial charge on any atom is 0.0901 e. The molecule has 4 heteroatoms. The van der Waals surface area contributed by atoms with Gasteiger partial charge in [-0.1, -0.05) is 72.8 Å². The van der Waals surface area contributed by atoms with Crippen molar-refractivity contribution in [2.45, 2.75) is 22.0 Å². The van der Waals surface area contributed by atoms with Crippen LogP contribution in [-0.4, -0.2) is 33.9 Å². The highest BCUT2D eigenvalue weighted by Gasteiger charge is 2.18. The zero-order valence-electron chi connectivity index (χ0n) is 15.4. The Hall–Kier alpha value is -1.98. The summed E-state index contributed by atoms with van der Waals surface area (Å²) in [6.07, 6.45) is -1.54. The van der Waals surface area contributed by atoms with E-state index in [4.69, 9.17) is 0 Å². The van der Waals surface area contributed by atoms with Gasteiger partial charge in [-0.3, -0.25) is 0 Å². The molecule has 2 nitrogen and oxygen atoms in total. The molecule has 0 radical (unpaired) electrons. The second-order valence-electron chi connectivity index (χ2n) is 6.71. The SMILES string of the molecule is O[C@@H](CSc1cccc2ccccc12)[C@@H](O)CSc1cccc2ccccc12. The quantitative estimate of drug-likeness (QED) is 0.392. The molecule has 0 aliphatic rings. The molecule has 0 saturated carbocycles. The predicted molar refractivity (Wildman–Crippen MR) is 121 cm³/mol. The molecule has 0 unspecified atom stereocenters. The fraction of sp³-hybridized carbons (Fsp3) is 0.167. The molecule has 0 amide bonds. The monoisotopic (exact) mass is 406 g/mol. The van der Waals surface area contributed by atoms with Crippen LogP contribution in [-0.2, 0) is 0 Å². The highest BCUT2D eigenvalue weighted by Crippen LogP contribution is 2.31. The zero-order valence-corrected chi connectivity index (χ0v) is 17.0. The van der Waals surface area contributed by atoms with Crippen LogP contribution in [0.4, 0.5) is 0 Å². The van der Waals surface area contributed by atoms with Gasteiger partial charge in [-0.15, -0.1) is 23.5 Å². The van der Waals surface area contributed by atoms with Crippen LogP contribution in [0.2, 0.25) is 0 Å². The van der Waals surface area contributed by atoms with Crippen LogP contribution in [0.1, 0.15) is 0 Å². The molecule has 28 heavy (non-hydrogen) atoms. The molecule has 142 valence electrons. The van der Waals surface area contributed by atoms with Crippen molar-refractivity contribution in [3.8, 4) is 0 Å². The fourth-order valence-electron chi connectivity index (χ4n) is 3.22. The van der Waals surface area contributed by atoms with Crippen LogP contribution in [0, 0.1) is 0 Å². The van der Waals surface area contributed by atoms with E-state index in [9.17, 15) is 10.2 Å². The minimum atomic E-state index is -0.772. The first-order valence-electron chi connectivity index (χ1n) is 9.29. The predicted octanol–water partition coefficient (Wildman–Crippen LogP) is 5.60. The van der Waals surface area contributed by atoms with Crippen molar-refractivity contribution in [1.29, 1.82) is 0 Å². The van der Waals surface area contributed by atoms with Crippen LogP contribution in [0.5, 0.6) is 0 Å². The molecular formula is C24H22O2S2. The van der Waals surface area contributed by atoms with Crippen molar-refractivity contribution in [1.82, 2.24) is 0 Å². The highest BCUT2D eigenvalue weighted by molar-refractivity contribution is 8.00. The Bertz CT molecular complexity index is 982. The largest absolute Gasteiger partial charge is 0.390 e. The number of fused-ring (bicyclic) bond motifs is 2. The van der Waals surface area contributed by atoms with Crippen LogP contribution < -0.4 is 0 Å². The van der Waals surface area contributed by atoms with Gasteiger partial charge in [0.2, 0.25) is 0 Å². The molecule has 4 aromatic rings. The Kier molecular flexibility index (Phi) is 6.23. The van der Waals surface area contributed by atoms with Gasteiger partial charge in [0.1, 0.15) is 0 Å². The first-order chi connectivity index (χ1) is 13.7. The van der Waals surface area contributed by atoms with E-state index in [1.54, 1.807) is 23.5 Å². The van der Waals surface area contributed by atoms with Crippen LogP contribution >= 0.6 is 23.5 Å². The van der Waals surface area contributed by atoms with E-state index in [0.717, 1.165) is 9.79 Å². The van der Waals surface area contributed by atoms with Gasteiger partial charge in [0.15, 0.2) is 0 Å². The number of hydrogen-bond acceptors (Lipinski definition) is 4. The molecule has 0 aliphatic heterocycles. The summed E-state index contributed by atoms with van der Waals surface area (Å²) in [5, 5.41) is 25.7. The lowest BCUT2D eigenvalue weighted by molar-refractivity contribution is 0.0500. The van der Waals surface area contributed by atoms with Gasteiger partial charge in [0, 0.05) is 21.3 Å². The Morgan fingerprint density at radius 3 is 1.39 bits per heavy atom. The summed E-state index contributed by atoms with van der Waals surface area (Å²) in [6, 6.07) is 28.8. The van der Waals surface area contributed by atoms with E-state index in [2.05, 4.69) is 48.5 Å². The lowest BCUT2D eigenvalue weighted by Gasteiger charge is -2.18. The van der Waals surface area contributed by atoms with E-state index < -0.39 is 12.2 Å². The fourth-order valence-corrected chi connectivity index (χ4v) is 5.39. The maximum atomic E-state index is 10.5. The second-order valence-corrected chi connectivity index (χ2v) is 8.83. The van der Waals surface area contributed by atoms with Gasteiger partial charge < -0.3 is 10.2 Å². The Morgan fingerprint density at radius 1 is 0.536 bits per heavy atom. The summed E-state index contributed by atoms with van der Waals surface area (Å²) < 4.78 is 0. The summed E-state index contributed by atoms with van der Waals surface area (Å²) >= 11 is 3.18. The number of benzene rings is 4. The molecule has 0 spiro atoms. The van der Waals surface area contributed by atoms with Crippen molar-refractivity contribution in [3.05, 3.63) is 84.9 Å². The maximum absolute atomic E-state index is 10.5. The molecule has 4 aromatic carbocycles. The smallest absolute Gasteiger partial charge is 0.0901 e. The van der Waals surface area contributed by atoms with Gasteiger partial charge in [-0.2, -0.15) is 0 Å². The topological polar surface area (TPSA) is 40.5 Å². The van der Waals surface area contributed by atoms with E-state index in [-0.39, 0.29) is 0 Å². The van der Waals surface area contributed by atoms with Gasteiger partial charge in [0.25, 0.3) is 0 Å². The normalized spacial score (nSPS) is 13.6. The van der Waals surface area contributed by atoms with Crippen LogP contribution in [0.3, 0.4) is 0 Å². The van der Waals surface area contributed by atoms with E-state index >= 15 is 0 Å². The number of aliphatic hydroxyl groups excluding tert-OH is 2. The summed E-state index contributed by atoms with van der Waals surface area (Å²) in [5.41, 5.74) is 0. The number of aliphatic hydroxyl groups is 2. The molecule has 0 aromatic heterocycles. The van der Waals surface area contributed by atoms with Gasteiger partial charge >= 0.3 is 0 Å². The molecule has 2 atom stereocenters. The van der Waals surface area contributed by atoms with Crippen molar-refractivity contribution >= 4 is 45.1 Å². The van der Waals surface area contributed by atoms with Crippen LogP contribution in [0.25, 0.3) is 21.5 Å². The molecule has 4 rings (SSSR count). The number of thioether (sulfide) groups is 2. The molecule has 0 fully saturated rings. The Labute approximate surface area is 173 Å². The van der Waals surface area contributed by atoms with Crippen molar-refractivity contribution < 1.29 is 10.2 Å². The summed E-state index contributed by atoms with van der Waals surface area (Å²) in [5.74, 6) is 0.927. The standard InChI is InChI=1S/C24H22O2S2/c25-21(15-27-23-13-5-9-17-7-1-3-11-19(17)23)22(26)16-28-24-14-6-10-18-8-2-4-12-20(18)24/h1-14,21-22,25-26H,15-16H2/t21-,22-/m0/s1. The average molecular weight is 407 g/mol. The summed E-state index contributed by atoms with van der Waals surface area (Å²) in [4.78, 5) is 2.26. The van der Waals surface area contributed by atoms with Gasteiger partial charge in [0.05, 0.1) is 12.2 Å². The third-order valence-corrected chi connectivity index (χ3v) is 7.11. The molecule has 2 N–H and O–H groups in total. The summed E-state index contributed by atoms with van der Waals surface area (Å²) in [6.45, 7) is 0. The van der Waals surface area contributed by atoms with Gasteiger partial charge in [-0.25, -0.2) is 0 Å². The minimum Gasteiger partial charge on any atom is -0.390 e. The molecule has 0 aliphatic carbocycles. The molecule has 0 heterocycles. The van der Waals surface area contributed by atoms with Crippen LogP contribution in [0.15, 0.2) is 94.7 Å². The van der Waals surface area contributed by atoms with Crippen molar-refractivity contribution in [3.63, 3.8) is 0 Å². The van der Waals surface area contributed by atoms with E-state index in [1.165, 1.54) is 21.5 Å². The Balaban J connectivity index is 1.37. The molecule has 0 bridgehead atoms. The lowest BCUT2D eigenvalue weighted by Crippen LogP contribution is -2.30. The first kappa shape index (κ1) is 19.3. The second kappa shape index (κ2) is 9.01. The molecule has 0 saturated heterocycles. The van der Waals surface area contributed by atoms with Crippen molar-refractivity contribution in [2.24, 2.45) is 0 Å². The minimum absolute atomic E-state index is 0.464. The van der Waals surface area contributed by atoms with E-state index in [1.807, 2.05) is 36.4 Å². The number of hydrogen-bond donors (Lipinski definition) is 2. The third kappa shape index (κ3) is 4.36. The lowest BCUT2D eigenvalue weighted by atomic mass is 10.1. The average Bonchev–Trinajstić information content (AvgIpc) is 2.75. The van der Waals surface area contributed by atoms with E-state index in [0.29, 0.717) is 11.5 Å². The zero-order chi connectivity index (χ0) is 19.3. The summed E-state index contributed by atoms with van der Waals surface area (Å²) in [7, 11) is 0. The molecular weight excluding hydrogens is 384 g/mol. The van der Waals surface area contributed by atoms with Crippen molar-refractivity contribution in [2.75, 3.05) is 11.5 Å².